The molecule has 0 aliphatic heterocycles. The minimum Gasteiger partial charge on any atom is -0.508 e. The number of aromatic nitrogens is 2. The molecule has 2 heterocycles. The zero-order chi connectivity index (χ0) is 50.6. The Kier molecular flexibility index (Phi) is 20.4. The van der Waals surface area contributed by atoms with Crippen LogP contribution in [0.4, 0.5) is 0 Å². The van der Waals surface area contributed by atoms with Gasteiger partial charge in [0.05, 0.1) is 5.56 Å². The van der Waals surface area contributed by atoms with Crippen LogP contribution in [0.5, 0.6) is 5.75 Å². The van der Waals surface area contributed by atoms with Crippen LogP contribution in [0, 0.1) is 6.92 Å². The molecule has 2 aromatic heterocycles. The number of aryl methyl sites for hydroxylation is 1. The highest BCUT2D eigenvalue weighted by molar-refractivity contribution is 5.94. The van der Waals surface area contributed by atoms with Gasteiger partial charge in [0.2, 0.25) is 11.4 Å². The first kappa shape index (κ1) is 54.6. The maximum Gasteiger partial charge on any atom is 0.211 e. The van der Waals surface area contributed by atoms with Crippen molar-refractivity contribution in [3.63, 3.8) is 0 Å². The van der Waals surface area contributed by atoms with Gasteiger partial charge in [-0.15, -0.1) is 24.8 Å². The van der Waals surface area contributed by atoms with Gasteiger partial charge in [-0.1, -0.05) is 249 Å². The van der Waals surface area contributed by atoms with Crippen molar-refractivity contribution in [3.8, 4) is 95.0 Å². The SMILES string of the molecule is Cc1cc(-c2ccc(-c3ccccc3-c3cc(O)cc(-c4ccccc4-c4c[nH+]c(-c5ccccc5)cc4-c4ccccc4)c3)cc2)[nH+]cc1-c1ccccc1.Cl.Cl.c1ccccc1.c1ccccc1.c1ccccc1. The maximum atomic E-state index is 11.3. The summed E-state index contributed by atoms with van der Waals surface area (Å²) in [4.78, 5) is 7.12. The fraction of sp³-hybridized carbons (Fsp3) is 0.0141. The predicted molar refractivity (Wildman–Crippen MR) is 323 cm³/mol. The highest BCUT2D eigenvalue weighted by Crippen LogP contribution is 2.42. The molecule has 5 heteroatoms. The highest BCUT2D eigenvalue weighted by atomic mass is 35.5. The van der Waals surface area contributed by atoms with Gasteiger partial charge in [-0.2, -0.15) is 0 Å². The third-order valence-corrected chi connectivity index (χ3v) is 12.6. The maximum absolute atomic E-state index is 11.3. The van der Waals surface area contributed by atoms with E-state index in [1.165, 1.54) is 16.7 Å². The second kappa shape index (κ2) is 28.4. The first-order valence-electron chi connectivity index (χ1n) is 25.0. The number of benzene rings is 10. The summed E-state index contributed by atoms with van der Waals surface area (Å²) in [5.41, 5.74) is 18.6. The number of pyridine rings is 2. The summed E-state index contributed by atoms with van der Waals surface area (Å²) >= 11 is 0. The zero-order valence-electron chi connectivity index (χ0n) is 42.3. The molecular formula is C71H60Cl2N2O+2. The molecule has 3 N–H and O–H groups in total. The van der Waals surface area contributed by atoms with E-state index in [0.717, 1.165) is 78.1 Å². The van der Waals surface area contributed by atoms with Gasteiger partial charge in [0.1, 0.15) is 5.75 Å². The van der Waals surface area contributed by atoms with Gasteiger partial charge in [-0.25, -0.2) is 9.97 Å². The molecule has 12 rings (SSSR count). The van der Waals surface area contributed by atoms with E-state index in [9.17, 15) is 5.11 Å². The molecule has 3 nitrogen and oxygen atoms in total. The first-order valence-corrected chi connectivity index (χ1v) is 25.0. The molecule has 0 saturated carbocycles. The van der Waals surface area contributed by atoms with Gasteiger partial charge in [0.25, 0.3) is 0 Å². The van der Waals surface area contributed by atoms with Crippen molar-refractivity contribution in [2.45, 2.75) is 6.92 Å². The Balaban J connectivity index is 0.000000354. The van der Waals surface area contributed by atoms with Crippen LogP contribution < -0.4 is 9.97 Å². The van der Waals surface area contributed by atoms with Gasteiger partial charge in [-0.05, 0) is 105 Å². The number of nitrogens with one attached hydrogen (secondary N) is 2. The molecule has 0 saturated heterocycles. The van der Waals surface area contributed by atoms with Crippen molar-refractivity contribution in [1.29, 1.82) is 0 Å². The predicted octanol–water partition coefficient (Wildman–Crippen LogP) is 18.6. The van der Waals surface area contributed by atoms with E-state index in [0.29, 0.717) is 0 Å². The number of hydrogen-bond acceptors (Lipinski definition) is 1. The molecule has 76 heavy (non-hydrogen) atoms. The first-order chi connectivity index (χ1) is 36.6. The molecule has 0 bridgehead atoms. The van der Waals surface area contributed by atoms with Gasteiger partial charge < -0.3 is 5.11 Å². The van der Waals surface area contributed by atoms with Crippen LogP contribution in [0.1, 0.15) is 5.56 Å². The monoisotopic (exact) mass is 1030 g/mol. The highest BCUT2D eigenvalue weighted by Gasteiger charge is 2.20. The average molecular weight is 1030 g/mol. The van der Waals surface area contributed by atoms with Crippen molar-refractivity contribution in [2.24, 2.45) is 0 Å². The minimum atomic E-state index is 0. The second-order valence-electron chi connectivity index (χ2n) is 17.6. The lowest BCUT2D eigenvalue weighted by Gasteiger charge is -2.16. The summed E-state index contributed by atoms with van der Waals surface area (Å²) in [5, 5.41) is 11.3. The van der Waals surface area contributed by atoms with Crippen LogP contribution in [0.2, 0.25) is 0 Å². The number of aromatic hydroxyl groups is 1. The fourth-order valence-corrected chi connectivity index (χ4v) is 8.91. The van der Waals surface area contributed by atoms with Crippen LogP contribution in [-0.2, 0) is 0 Å². The molecule has 0 atom stereocenters. The smallest absolute Gasteiger partial charge is 0.211 e. The molecule has 0 amide bonds. The van der Waals surface area contributed by atoms with E-state index in [-0.39, 0.29) is 30.6 Å². The summed E-state index contributed by atoms with van der Waals surface area (Å²) in [6.45, 7) is 2.16. The summed E-state index contributed by atoms with van der Waals surface area (Å²) < 4.78 is 0. The Bertz CT molecular complexity index is 3450. The number of phenols is 1. The van der Waals surface area contributed by atoms with Crippen molar-refractivity contribution in [2.75, 3.05) is 0 Å². The van der Waals surface area contributed by atoms with E-state index in [2.05, 4.69) is 199 Å². The Morgan fingerprint density at radius 3 is 0.961 bits per heavy atom. The van der Waals surface area contributed by atoms with Crippen molar-refractivity contribution < 1.29 is 15.1 Å². The lowest BCUT2D eigenvalue weighted by atomic mass is 9.88. The molecule has 0 unspecified atom stereocenters. The Labute approximate surface area is 460 Å². The molecule has 0 spiro atoms. The summed E-state index contributed by atoms with van der Waals surface area (Å²) in [6, 6.07) is 103. The summed E-state index contributed by atoms with van der Waals surface area (Å²) in [6.07, 6.45) is 4.21. The van der Waals surface area contributed by atoms with E-state index in [1.54, 1.807) is 0 Å². The second-order valence-corrected chi connectivity index (χ2v) is 17.6. The van der Waals surface area contributed by atoms with Gasteiger partial charge in [-0.3, -0.25) is 0 Å². The molecule has 0 radical (unpaired) electrons. The van der Waals surface area contributed by atoms with Crippen molar-refractivity contribution in [3.05, 3.63) is 321 Å². The lowest BCUT2D eigenvalue weighted by Crippen LogP contribution is -2.08. The van der Waals surface area contributed by atoms with Gasteiger partial charge >= 0.3 is 0 Å². The topological polar surface area (TPSA) is 48.5 Å². The van der Waals surface area contributed by atoms with E-state index >= 15 is 0 Å². The van der Waals surface area contributed by atoms with Crippen molar-refractivity contribution >= 4 is 24.8 Å². The van der Waals surface area contributed by atoms with Crippen LogP contribution in [-0.4, -0.2) is 5.11 Å². The molecular weight excluding hydrogens is 968 g/mol. The quantitative estimate of drug-likeness (QED) is 0.162. The van der Waals surface area contributed by atoms with Crippen LogP contribution in [0.3, 0.4) is 0 Å². The van der Waals surface area contributed by atoms with E-state index in [4.69, 9.17) is 0 Å². The Morgan fingerprint density at radius 2 is 0.526 bits per heavy atom. The minimum absolute atomic E-state index is 0. The number of aromatic amines is 2. The van der Waals surface area contributed by atoms with Crippen molar-refractivity contribution in [1.82, 2.24) is 0 Å². The van der Waals surface area contributed by atoms with Crippen LogP contribution in [0.25, 0.3) is 89.3 Å². The zero-order valence-corrected chi connectivity index (χ0v) is 43.9. The Morgan fingerprint density at radius 1 is 0.237 bits per heavy atom. The number of halogens is 2. The van der Waals surface area contributed by atoms with Gasteiger partial charge in [0.15, 0.2) is 12.4 Å². The number of hydrogen-bond donors (Lipinski definition) is 1. The molecule has 12 aromatic rings. The van der Waals surface area contributed by atoms with E-state index in [1.807, 2.05) is 133 Å². The van der Waals surface area contributed by atoms with E-state index < -0.39 is 0 Å². The lowest BCUT2D eigenvalue weighted by molar-refractivity contribution is -0.364. The number of rotatable bonds is 8. The number of phenolic OH excluding ortho intramolecular Hbond substituents is 1. The third kappa shape index (κ3) is 14.6. The normalized spacial score (nSPS) is 10.0. The Hall–Kier alpha value is -9.12. The summed E-state index contributed by atoms with van der Waals surface area (Å²) in [7, 11) is 0. The average Bonchev–Trinajstić information content (AvgIpc) is 3.50. The third-order valence-electron chi connectivity index (χ3n) is 12.6. The molecule has 0 aliphatic rings. The summed E-state index contributed by atoms with van der Waals surface area (Å²) in [5.74, 6) is 0.219. The standard InChI is InChI=1S/C53H38N2O.3C6H6.2ClH/c1-36-29-52(54-34-50(36)38-17-7-3-8-18-38)41-27-25-39(26-28-41)45-21-11-12-22-46(45)42-30-43(32-44(56)31-42)47-23-13-14-24-48(47)51-35-55-53(40-19-9-4-10-20-40)33-49(51)37-15-5-2-6-16-37;3*1-2-4-6-5-3-1;;/h2-35,56H,1H3;3*1-6H;2*1H/p+2. The van der Waals surface area contributed by atoms with Crippen LogP contribution in [0.15, 0.2) is 316 Å². The fourth-order valence-electron chi connectivity index (χ4n) is 8.91. The molecule has 0 fully saturated rings. The number of H-pyrrole nitrogens is 2. The molecule has 0 aliphatic carbocycles. The molecule has 372 valence electrons. The molecule has 10 aromatic carbocycles. The van der Waals surface area contributed by atoms with Crippen LogP contribution >= 0.6 is 24.8 Å². The van der Waals surface area contributed by atoms with Gasteiger partial charge in [0, 0.05) is 34.4 Å². The largest absolute Gasteiger partial charge is 0.508 e.